The van der Waals surface area contributed by atoms with E-state index in [1.807, 2.05) is 0 Å². The third-order valence-corrected chi connectivity index (χ3v) is 6.00. The van der Waals surface area contributed by atoms with Gasteiger partial charge in [-0.1, -0.05) is 12.1 Å². The lowest BCUT2D eigenvalue weighted by atomic mass is 10.2. The van der Waals surface area contributed by atoms with Crippen molar-refractivity contribution in [3.8, 4) is 0 Å². The zero-order chi connectivity index (χ0) is 16.4. The molecule has 1 aliphatic heterocycles. The zero-order valence-corrected chi connectivity index (χ0v) is 13.6. The Bertz CT molecular complexity index is 785. The van der Waals surface area contributed by atoms with Crippen LogP contribution in [0.1, 0.15) is 30.1 Å². The molecule has 7 nitrogen and oxygen atoms in total. The van der Waals surface area contributed by atoms with Gasteiger partial charge in [-0.05, 0) is 31.9 Å². The van der Waals surface area contributed by atoms with Crippen molar-refractivity contribution in [3.05, 3.63) is 42.2 Å². The van der Waals surface area contributed by atoms with Gasteiger partial charge < -0.3 is 0 Å². The van der Waals surface area contributed by atoms with Crippen molar-refractivity contribution in [2.45, 2.75) is 37.2 Å². The van der Waals surface area contributed by atoms with Crippen molar-refractivity contribution in [2.24, 2.45) is 0 Å². The molecule has 0 radical (unpaired) electrons. The molecule has 8 heteroatoms. The maximum atomic E-state index is 12.8. The molecule has 122 valence electrons. The molecule has 1 saturated heterocycles. The Labute approximate surface area is 135 Å². The Kier molecular flexibility index (Phi) is 4.27. The Morgan fingerprint density at radius 3 is 2.48 bits per heavy atom. The summed E-state index contributed by atoms with van der Waals surface area (Å²) in [5, 5.41) is 8.09. The number of aromatic nitrogens is 3. The molecule has 0 spiro atoms. The Balaban J connectivity index is 1.84. The van der Waals surface area contributed by atoms with E-state index in [2.05, 4.69) is 10.2 Å². The molecule has 1 fully saturated rings. The molecule has 23 heavy (non-hydrogen) atoms. The summed E-state index contributed by atoms with van der Waals surface area (Å²) in [5.41, 5.74) is 0.502. The maximum Gasteiger partial charge on any atom is 0.243 e. The Morgan fingerprint density at radius 2 is 1.87 bits per heavy atom. The molecule has 0 amide bonds. The van der Waals surface area contributed by atoms with E-state index in [0.29, 0.717) is 18.7 Å². The van der Waals surface area contributed by atoms with Gasteiger partial charge >= 0.3 is 0 Å². The van der Waals surface area contributed by atoms with Crippen molar-refractivity contribution in [1.29, 1.82) is 0 Å². The normalized spacial score (nSPS) is 19.1. The van der Waals surface area contributed by atoms with Crippen LogP contribution in [0.4, 0.5) is 0 Å². The first kappa shape index (κ1) is 15.8. The van der Waals surface area contributed by atoms with Crippen LogP contribution in [-0.4, -0.2) is 46.1 Å². The lowest BCUT2D eigenvalue weighted by molar-refractivity contribution is 0.101. The molecule has 2 aromatic rings. The van der Waals surface area contributed by atoms with E-state index >= 15 is 0 Å². The summed E-state index contributed by atoms with van der Waals surface area (Å²) >= 11 is 0. The van der Waals surface area contributed by atoms with Gasteiger partial charge in [-0.2, -0.15) is 19.3 Å². The van der Waals surface area contributed by atoms with Gasteiger partial charge in [0, 0.05) is 18.2 Å². The van der Waals surface area contributed by atoms with Gasteiger partial charge in [0.05, 0.1) is 23.8 Å². The second-order valence-electron chi connectivity index (χ2n) is 5.58. The average molecular weight is 334 g/mol. The van der Waals surface area contributed by atoms with Gasteiger partial charge in [-0.25, -0.2) is 8.42 Å². The molecular weight excluding hydrogens is 316 g/mol. The summed E-state index contributed by atoms with van der Waals surface area (Å²) in [6.45, 7) is 2.39. The maximum absolute atomic E-state index is 12.8. The van der Waals surface area contributed by atoms with Crippen molar-refractivity contribution in [3.63, 3.8) is 0 Å². The Hall–Kier alpha value is -2.06. The van der Waals surface area contributed by atoms with Gasteiger partial charge in [0.15, 0.2) is 5.78 Å². The minimum absolute atomic E-state index is 0.0854. The van der Waals surface area contributed by atoms with Gasteiger partial charge in [-0.15, -0.1) is 0 Å². The smallest absolute Gasteiger partial charge is 0.243 e. The third-order valence-electron chi connectivity index (χ3n) is 4.03. The first-order valence-corrected chi connectivity index (χ1v) is 8.89. The van der Waals surface area contributed by atoms with Gasteiger partial charge in [0.2, 0.25) is 10.0 Å². The monoisotopic (exact) mass is 334 g/mol. The number of carbonyl (C=O) groups excluding carboxylic acids is 1. The number of carbonyl (C=O) groups is 1. The minimum atomic E-state index is -3.58. The number of hydrogen-bond acceptors (Lipinski definition) is 5. The molecule has 1 aromatic carbocycles. The molecule has 0 aliphatic carbocycles. The van der Waals surface area contributed by atoms with Crippen LogP contribution in [0.15, 0.2) is 41.6 Å². The quantitative estimate of drug-likeness (QED) is 0.770. The van der Waals surface area contributed by atoms with E-state index in [1.165, 1.54) is 28.2 Å². The third kappa shape index (κ3) is 3.18. The predicted molar refractivity (Wildman–Crippen MR) is 83.4 cm³/mol. The van der Waals surface area contributed by atoms with Crippen molar-refractivity contribution >= 4 is 15.8 Å². The fourth-order valence-corrected chi connectivity index (χ4v) is 4.52. The molecule has 3 rings (SSSR count). The molecule has 1 aliphatic rings. The largest absolute Gasteiger partial charge is 0.295 e. The van der Waals surface area contributed by atoms with E-state index in [4.69, 9.17) is 0 Å². The fraction of sp³-hybridized carbons (Fsp3) is 0.400. The van der Waals surface area contributed by atoms with E-state index in [-0.39, 0.29) is 16.7 Å². The summed E-state index contributed by atoms with van der Waals surface area (Å²) in [7, 11) is -3.58. The summed E-state index contributed by atoms with van der Waals surface area (Å²) in [6, 6.07) is 5.94. The first-order chi connectivity index (χ1) is 11.0. The van der Waals surface area contributed by atoms with Crippen LogP contribution in [-0.2, 0) is 16.6 Å². The summed E-state index contributed by atoms with van der Waals surface area (Å²) in [5.74, 6) is -0.0854. The second-order valence-corrected chi connectivity index (χ2v) is 7.47. The van der Waals surface area contributed by atoms with Crippen LogP contribution in [0.3, 0.4) is 0 Å². The number of Topliss-reactive ketones (excluding diaryl/α,β-unsaturated/α-hetero) is 1. The molecule has 1 atom stereocenters. The molecule has 0 saturated carbocycles. The van der Waals surface area contributed by atoms with Crippen LogP contribution in [0.2, 0.25) is 0 Å². The number of ketones is 1. The molecule has 0 N–H and O–H groups in total. The van der Waals surface area contributed by atoms with Crippen LogP contribution in [0.5, 0.6) is 0 Å². The fourth-order valence-electron chi connectivity index (χ4n) is 2.83. The number of sulfonamides is 1. The number of nitrogens with zero attached hydrogens (tertiary/aromatic N) is 4. The SMILES string of the molecule is CC(=O)c1ccc(S(=O)(=O)N2CCC[C@@H]2Cn2nccn2)cc1. The van der Waals surface area contributed by atoms with Crippen molar-refractivity contribution in [2.75, 3.05) is 6.54 Å². The minimum Gasteiger partial charge on any atom is -0.295 e. The number of rotatable bonds is 5. The summed E-state index contributed by atoms with van der Waals surface area (Å²) < 4.78 is 27.2. The van der Waals surface area contributed by atoms with Gasteiger partial charge in [0.1, 0.15) is 0 Å². The highest BCUT2D eigenvalue weighted by molar-refractivity contribution is 7.89. The summed E-state index contributed by atoms with van der Waals surface area (Å²) in [4.78, 5) is 13.0. The van der Waals surface area contributed by atoms with Crippen molar-refractivity contribution < 1.29 is 13.2 Å². The summed E-state index contributed by atoms with van der Waals surface area (Å²) in [6.07, 6.45) is 4.76. The molecule has 0 unspecified atom stereocenters. The topological polar surface area (TPSA) is 85.2 Å². The average Bonchev–Trinajstić information content (AvgIpc) is 3.19. The standard InChI is InChI=1S/C15H18N4O3S/c1-12(20)13-4-6-15(7-5-13)23(21,22)18-10-2-3-14(18)11-19-16-8-9-17-19/h4-9,14H,2-3,10-11H2,1H3/t14-/m1/s1. The highest BCUT2D eigenvalue weighted by Gasteiger charge is 2.35. The predicted octanol–water partition coefficient (Wildman–Crippen LogP) is 1.33. The Morgan fingerprint density at radius 1 is 1.22 bits per heavy atom. The van der Waals surface area contributed by atoms with Crippen LogP contribution < -0.4 is 0 Å². The van der Waals surface area contributed by atoms with Crippen LogP contribution >= 0.6 is 0 Å². The lowest BCUT2D eigenvalue weighted by Gasteiger charge is -2.23. The first-order valence-electron chi connectivity index (χ1n) is 7.45. The highest BCUT2D eigenvalue weighted by Crippen LogP contribution is 2.27. The van der Waals surface area contributed by atoms with E-state index < -0.39 is 10.0 Å². The number of benzene rings is 1. The van der Waals surface area contributed by atoms with E-state index in [1.54, 1.807) is 24.5 Å². The van der Waals surface area contributed by atoms with Gasteiger partial charge in [0.25, 0.3) is 0 Å². The van der Waals surface area contributed by atoms with Crippen molar-refractivity contribution in [1.82, 2.24) is 19.3 Å². The second kappa shape index (κ2) is 6.21. The zero-order valence-electron chi connectivity index (χ0n) is 12.8. The van der Waals surface area contributed by atoms with Crippen LogP contribution in [0.25, 0.3) is 0 Å². The molecular formula is C15H18N4O3S. The van der Waals surface area contributed by atoms with E-state index in [0.717, 1.165) is 12.8 Å². The molecule has 0 bridgehead atoms. The number of hydrogen-bond donors (Lipinski definition) is 0. The lowest BCUT2D eigenvalue weighted by Crippen LogP contribution is -2.38. The van der Waals surface area contributed by atoms with Gasteiger partial charge in [-0.3, -0.25) is 4.79 Å². The molecule has 2 heterocycles. The van der Waals surface area contributed by atoms with E-state index in [9.17, 15) is 13.2 Å². The highest BCUT2D eigenvalue weighted by atomic mass is 32.2. The van der Waals surface area contributed by atoms with Crippen LogP contribution in [0, 0.1) is 0 Å². The molecule has 1 aromatic heterocycles.